The lowest BCUT2D eigenvalue weighted by molar-refractivity contribution is -0.139. The van der Waals surface area contributed by atoms with Crippen LogP contribution in [0.2, 0.25) is 0 Å². The molecule has 14 heteroatoms. The van der Waals surface area contributed by atoms with Crippen LogP contribution in [0, 0.1) is 0 Å². The van der Waals surface area contributed by atoms with E-state index in [9.17, 15) is 14.4 Å². The zero-order chi connectivity index (χ0) is 34.0. The maximum absolute atomic E-state index is 12.6. The van der Waals surface area contributed by atoms with Crippen molar-refractivity contribution in [3.63, 3.8) is 0 Å². The van der Waals surface area contributed by atoms with E-state index in [4.69, 9.17) is 33.2 Å². The number of hydrogen-bond acceptors (Lipinski definition) is 11. The van der Waals surface area contributed by atoms with Crippen molar-refractivity contribution in [1.29, 1.82) is 0 Å². The number of carbonyl (C=O) groups excluding carboxylic acids is 3. The summed E-state index contributed by atoms with van der Waals surface area (Å²) < 4.78 is 38.9. The van der Waals surface area contributed by atoms with E-state index in [1.165, 1.54) is 13.3 Å². The molecule has 0 radical (unpaired) electrons. The first-order chi connectivity index (χ1) is 23.3. The zero-order valence-corrected chi connectivity index (χ0v) is 26.9. The van der Waals surface area contributed by atoms with Crippen LogP contribution >= 0.6 is 0 Å². The number of hydrazone groups is 1. The summed E-state index contributed by atoms with van der Waals surface area (Å²) >= 11 is 0. The van der Waals surface area contributed by atoms with Crippen LogP contribution in [0.1, 0.15) is 43.5 Å². The number of methoxy groups -OCH3 is 1. The number of nitrogens with zero attached hydrogens (tertiary/aromatic N) is 1. The molecule has 3 aromatic carbocycles. The summed E-state index contributed by atoms with van der Waals surface area (Å²) in [6, 6.07) is 14.6. The van der Waals surface area contributed by atoms with Gasteiger partial charge in [-0.3, -0.25) is 4.79 Å². The van der Waals surface area contributed by atoms with Crippen molar-refractivity contribution >= 4 is 24.1 Å². The maximum Gasteiger partial charge on any atom is 0.338 e. The van der Waals surface area contributed by atoms with Gasteiger partial charge in [0, 0.05) is 5.70 Å². The summed E-state index contributed by atoms with van der Waals surface area (Å²) in [6.07, 6.45) is 1.47. The molecule has 2 heterocycles. The van der Waals surface area contributed by atoms with Crippen molar-refractivity contribution in [3.05, 3.63) is 82.6 Å². The minimum atomic E-state index is -0.780. The molecule has 0 fully saturated rings. The number of esters is 1. The molecule has 5 rings (SSSR count). The van der Waals surface area contributed by atoms with Crippen LogP contribution in [0.25, 0.3) is 0 Å². The highest BCUT2D eigenvalue weighted by atomic mass is 16.7. The monoisotopic (exact) mass is 660 g/mol. The minimum absolute atomic E-state index is 0.179. The molecule has 48 heavy (non-hydrogen) atoms. The maximum atomic E-state index is 12.6. The van der Waals surface area contributed by atoms with E-state index in [1.54, 1.807) is 50.2 Å². The molecular weight excluding hydrogens is 624 g/mol. The average molecular weight is 661 g/mol. The Balaban J connectivity index is 1.17. The fourth-order valence-electron chi connectivity index (χ4n) is 4.94. The topological polar surface area (TPSA) is 164 Å². The van der Waals surface area contributed by atoms with Crippen LogP contribution in [-0.4, -0.2) is 57.8 Å². The third kappa shape index (κ3) is 8.07. The van der Waals surface area contributed by atoms with E-state index >= 15 is 0 Å². The van der Waals surface area contributed by atoms with Gasteiger partial charge >= 0.3 is 12.0 Å². The van der Waals surface area contributed by atoms with Crippen LogP contribution in [0.15, 0.2) is 71.0 Å². The van der Waals surface area contributed by atoms with Crippen molar-refractivity contribution in [2.45, 2.75) is 33.4 Å². The van der Waals surface area contributed by atoms with Crippen molar-refractivity contribution in [2.75, 3.05) is 33.7 Å². The van der Waals surface area contributed by atoms with Crippen LogP contribution in [-0.2, 0) is 20.9 Å². The summed E-state index contributed by atoms with van der Waals surface area (Å²) in [6.45, 7) is 5.94. The molecule has 0 unspecified atom stereocenters. The van der Waals surface area contributed by atoms with Crippen LogP contribution in [0.5, 0.6) is 34.5 Å². The summed E-state index contributed by atoms with van der Waals surface area (Å²) in [5.74, 6) is 1.96. The van der Waals surface area contributed by atoms with Gasteiger partial charge in [-0.05, 0) is 79.9 Å². The van der Waals surface area contributed by atoms with Gasteiger partial charge in [0.25, 0.3) is 5.91 Å². The van der Waals surface area contributed by atoms with Crippen LogP contribution < -0.4 is 44.5 Å². The third-order valence-corrected chi connectivity index (χ3v) is 7.15. The van der Waals surface area contributed by atoms with Gasteiger partial charge in [0.05, 0.1) is 38.2 Å². The quantitative estimate of drug-likeness (QED) is 0.130. The molecule has 2 aliphatic rings. The lowest BCUT2D eigenvalue weighted by atomic mass is 9.95. The Labute approximate surface area is 276 Å². The number of fused-ring (bicyclic) bond motifs is 1. The molecule has 0 aliphatic carbocycles. The van der Waals surface area contributed by atoms with Gasteiger partial charge < -0.3 is 43.8 Å². The molecule has 3 aromatic rings. The number of carbonyl (C=O) groups is 3. The molecule has 1 atom stereocenters. The van der Waals surface area contributed by atoms with Gasteiger partial charge in [-0.2, -0.15) is 5.10 Å². The van der Waals surface area contributed by atoms with Gasteiger partial charge in [0.2, 0.25) is 6.79 Å². The molecule has 3 amide bonds. The normalized spacial score (nSPS) is 15.0. The predicted molar refractivity (Wildman–Crippen MR) is 172 cm³/mol. The first kappa shape index (κ1) is 33.4. The fourth-order valence-corrected chi connectivity index (χ4v) is 4.94. The number of urea groups is 1. The highest BCUT2D eigenvalue weighted by molar-refractivity contribution is 5.95. The molecular formula is C34H36N4O10. The van der Waals surface area contributed by atoms with Crippen LogP contribution in [0.4, 0.5) is 4.79 Å². The first-order valence-electron chi connectivity index (χ1n) is 15.2. The highest BCUT2D eigenvalue weighted by Gasteiger charge is 2.32. The number of hydrogen-bond donors (Lipinski definition) is 3. The highest BCUT2D eigenvalue weighted by Crippen LogP contribution is 2.36. The zero-order valence-electron chi connectivity index (χ0n) is 26.9. The first-order valence-corrected chi connectivity index (χ1v) is 15.2. The van der Waals surface area contributed by atoms with Crippen LogP contribution in [0.3, 0.4) is 0 Å². The summed E-state index contributed by atoms with van der Waals surface area (Å²) in [5.41, 5.74) is 5.22. The minimum Gasteiger partial charge on any atom is -0.493 e. The van der Waals surface area contributed by atoms with Gasteiger partial charge in [0.1, 0.15) is 6.61 Å². The molecule has 0 saturated carbocycles. The standard InChI is InChI=1S/C34H36N4O10/c1-5-43-28-13-21(7-10-25(28)45-17-22-8-11-26-29(14-22)48-19-47-26)16-35-38-30(39)18-46-24-12-9-23(15-27(24)42-4)32-31(33(40)44-6-2)20(3)36-34(41)37-32/h7-16,32H,5-6,17-19H2,1-4H3,(H,38,39)(H2,36,37,41)/b35-16-/t32-/m1/s1. The molecule has 0 saturated heterocycles. The number of allylic oxidation sites excluding steroid dienone is 1. The fraction of sp³-hybridized carbons (Fsp3) is 0.294. The number of benzene rings is 3. The average Bonchev–Trinajstić information content (AvgIpc) is 3.55. The Morgan fingerprint density at radius 3 is 2.52 bits per heavy atom. The second kappa shape index (κ2) is 15.6. The molecule has 2 aliphatic heterocycles. The Hall–Kier alpha value is -5.92. The SMILES string of the molecule is CCOC(=O)C1=C(C)NC(=O)N[C@@H]1c1ccc(OCC(=O)N/N=C\c2ccc(OCc3ccc4c(c3)OCO4)c(OCC)c2)c(OC)c1. The lowest BCUT2D eigenvalue weighted by Crippen LogP contribution is -2.45. The Bertz CT molecular complexity index is 1740. The Morgan fingerprint density at radius 2 is 1.73 bits per heavy atom. The second-order valence-corrected chi connectivity index (χ2v) is 10.4. The summed E-state index contributed by atoms with van der Waals surface area (Å²) in [5, 5.41) is 9.36. The number of nitrogens with one attached hydrogen (secondary N) is 3. The number of ether oxygens (including phenoxy) is 7. The van der Waals surface area contributed by atoms with Gasteiger partial charge in [0.15, 0.2) is 41.1 Å². The molecule has 0 bridgehead atoms. The number of rotatable bonds is 14. The van der Waals surface area contributed by atoms with Gasteiger partial charge in [-0.1, -0.05) is 12.1 Å². The van der Waals surface area contributed by atoms with Crippen molar-refractivity contribution < 1.29 is 47.5 Å². The summed E-state index contributed by atoms with van der Waals surface area (Å²) in [4.78, 5) is 37.3. The van der Waals surface area contributed by atoms with E-state index in [0.717, 1.165) is 5.56 Å². The van der Waals surface area contributed by atoms with E-state index in [-0.39, 0.29) is 31.3 Å². The van der Waals surface area contributed by atoms with E-state index < -0.39 is 23.9 Å². The van der Waals surface area contributed by atoms with E-state index in [0.29, 0.717) is 58.8 Å². The molecule has 14 nitrogen and oxygen atoms in total. The Morgan fingerprint density at radius 1 is 0.938 bits per heavy atom. The second-order valence-electron chi connectivity index (χ2n) is 10.4. The molecule has 0 spiro atoms. The lowest BCUT2D eigenvalue weighted by Gasteiger charge is -2.28. The van der Waals surface area contributed by atoms with E-state index in [1.807, 2.05) is 25.1 Å². The van der Waals surface area contributed by atoms with Crippen molar-refractivity contribution in [2.24, 2.45) is 5.10 Å². The molecule has 0 aromatic heterocycles. The smallest absolute Gasteiger partial charge is 0.338 e. The third-order valence-electron chi connectivity index (χ3n) is 7.15. The van der Waals surface area contributed by atoms with E-state index in [2.05, 4.69) is 21.2 Å². The van der Waals surface area contributed by atoms with Crippen molar-refractivity contribution in [3.8, 4) is 34.5 Å². The summed E-state index contributed by atoms with van der Waals surface area (Å²) in [7, 11) is 1.44. The largest absolute Gasteiger partial charge is 0.493 e. The Kier molecular flexibility index (Phi) is 10.9. The molecule has 3 N–H and O–H groups in total. The predicted octanol–water partition coefficient (Wildman–Crippen LogP) is 4.12. The van der Waals surface area contributed by atoms with Gasteiger partial charge in [-0.15, -0.1) is 0 Å². The number of amides is 3. The van der Waals surface area contributed by atoms with Gasteiger partial charge in [-0.25, -0.2) is 15.0 Å². The van der Waals surface area contributed by atoms with Crippen molar-refractivity contribution in [1.82, 2.24) is 16.1 Å². The molecule has 252 valence electrons.